The van der Waals surface area contributed by atoms with Crippen LogP contribution in [-0.2, 0) is 0 Å². The van der Waals surface area contributed by atoms with Gasteiger partial charge in [-0.05, 0) is 31.9 Å². The number of guanidine groups is 1. The van der Waals surface area contributed by atoms with Crippen molar-refractivity contribution < 1.29 is 5.11 Å². The Kier molecular flexibility index (Phi) is 9.22. The first kappa shape index (κ1) is 19.0. The lowest BCUT2D eigenvalue weighted by atomic mass is 10.0. The lowest BCUT2D eigenvalue weighted by Gasteiger charge is -2.34. The zero-order chi connectivity index (χ0) is 14.9. The standard InChI is InChI=1S/C16H26N4O.HI/c1-2-17-16(18-10-13-21)19-14-8-11-20(12-9-14)15-6-4-3-5-7-15;/h3-7,14,21H,2,8-13H2,1H3,(H2,17,18,19);1H. The van der Waals surface area contributed by atoms with E-state index in [0.29, 0.717) is 12.6 Å². The van der Waals surface area contributed by atoms with Crippen LogP contribution in [0.2, 0.25) is 0 Å². The minimum Gasteiger partial charge on any atom is -0.394 e. The van der Waals surface area contributed by atoms with Crippen molar-refractivity contribution in [1.29, 1.82) is 0 Å². The number of aliphatic hydroxyl groups is 1. The molecule has 1 aliphatic heterocycles. The summed E-state index contributed by atoms with van der Waals surface area (Å²) in [5, 5.41) is 15.6. The van der Waals surface area contributed by atoms with Gasteiger partial charge in [0.1, 0.15) is 0 Å². The lowest BCUT2D eigenvalue weighted by Crippen LogP contribution is -2.48. The molecular formula is C16H27IN4O. The average Bonchev–Trinajstić information content (AvgIpc) is 2.54. The van der Waals surface area contributed by atoms with Gasteiger partial charge in [-0.2, -0.15) is 0 Å². The summed E-state index contributed by atoms with van der Waals surface area (Å²) in [5.74, 6) is 0.810. The van der Waals surface area contributed by atoms with Crippen LogP contribution in [0, 0.1) is 0 Å². The second-order valence-corrected chi connectivity index (χ2v) is 5.23. The number of para-hydroxylation sites is 1. The summed E-state index contributed by atoms with van der Waals surface area (Å²) in [4.78, 5) is 6.76. The summed E-state index contributed by atoms with van der Waals surface area (Å²) in [6, 6.07) is 11.0. The molecule has 0 saturated carbocycles. The molecule has 124 valence electrons. The highest BCUT2D eigenvalue weighted by Gasteiger charge is 2.19. The largest absolute Gasteiger partial charge is 0.394 e. The number of nitrogens with zero attached hydrogens (tertiary/aromatic N) is 2. The third-order valence-electron chi connectivity index (χ3n) is 3.67. The van der Waals surface area contributed by atoms with E-state index >= 15 is 0 Å². The maximum atomic E-state index is 8.88. The van der Waals surface area contributed by atoms with E-state index in [1.54, 1.807) is 0 Å². The van der Waals surface area contributed by atoms with Gasteiger partial charge in [-0.25, -0.2) is 0 Å². The van der Waals surface area contributed by atoms with E-state index in [0.717, 1.165) is 38.4 Å². The van der Waals surface area contributed by atoms with Crippen LogP contribution in [0.1, 0.15) is 19.8 Å². The van der Waals surface area contributed by atoms with Crippen LogP contribution in [0.4, 0.5) is 5.69 Å². The zero-order valence-corrected chi connectivity index (χ0v) is 15.5. The Morgan fingerprint density at radius 1 is 1.27 bits per heavy atom. The Balaban J connectivity index is 0.00000242. The monoisotopic (exact) mass is 418 g/mol. The quantitative estimate of drug-likeness (QED) is 0.388. The lowest BCUT2D eigenvalue weighted by molar-refractivity contribution is 0.306. The molecule has 22 heavy (non-hydrogen) atoms. The summed E-state index contributed by atoms with van der Waals surface area (Å²) in [6.45, 7) is 5.53. The number of anilines is 1. The van der Waals surface area contributed by atoms with Crippen molar-refractivity contribution in [2.45, 2.75) is 25.8 Å². The van der Waals surface area contributed by atoms with Crippen molar-refractivity contribution in [2.24, 2.45) is 4.99 Å². The van der Waals surface area contributed by atoms with Crippen molar-refractivity contribution in [1.82, 2.24) is 10.6 Å². The minimum atomic E-state index is 0. The molecule has 0 amide bonds. The number of aliphatic imine (C=N–C) groups is 1. The number of rotatable bonds is 5. The molecule has 0 atom stereocenters. The minimum absolute atomic E-state index is 0. The molecule has 1 fully saturated rings. The first-order valence-electron chi connectivity index (χ1n) is 7.79. The molecule has 1 saturated heterocycles. The summed E-state index contributed by atoms with van der Waals surface area (Å²) in [5.41, 5.74) is 1.30. The summed E-state index contributed by atoms with van der Waals surface area (Å²) < 4.78 is 0. The van der Waals surface area contributed by atoms with E-state index in [1.807, 2.05) is 6.92 Å². The molecule has 5 nitrogen and oxygen atoms in total. The maximum absolute atomic E-state index is 8.88. The van der Waals surface area contributed by atoms with Crippen LogP contribution < -0.4 is 15.5 Å². The Hall–Kier alpha value is -1.02. The highest BCUT2D eigenvalue weighted by molar-refractivity contribution is 14.0. The number of halogens is 1. The fraction of sp³-hybridized carbons (Fsp3) is 0.562. The topological polar surface area (TPSA) is 59.9 Å². The number of benzene rings is 1. The summed E-state index contributed by atoms with van der Waals surface area (Å²) in [7, 11) is 0. The van der Waals surface area contributed by atoms with Gasteiger partial charge in [-0.3, -0.25) is 4.99 Å². The fourth-order valence-electron chi connectivity index (χ4n) is 2.60. The van der Waals surface area contributed by atoms with Gasteiger partial charge in [0.05, 0.1) is 13.2 Å². The van der Waals surface area contributed by atoms with Crippen molar-refractivity contribution in [3.63, 3.8) is 0 Å². The SMILES string of the molecule is CCNC(=NCCO)NC1CCN(c2ccccc2)CC1.I. The molecule has 0 radical (unpaired) electrons. The molecule has 3 N–H and O–H groups in total. The van der Waals surface area contributed by atoms with Crippen molar-refractivity contribution in [2.75, 3.05) is 37.7 Å². The van der Waals surface area contributed by atoms with E-state index in [2.05, 4.69) is 50.9 Å². The molecule has 1 aromatic rings. The number of hydrogen-bond acceptors (Lipinski definition) is 3. The second kappa shape index (κ2) is 10.7. The Morgan fingerprint density at radius 2 is 1.95 bits per heavy atom. The van der Waals surface area contributed by atoms with E-state index < -0.39 is 0 Å². The van der Waals surface area contributed by atoms with Crippen molar-refractivity contribution in [3.8, 4) is 0 Å². The molecule has 6 heteroatoms. The molecule has 0 unspecified atom stereocenters. The normalized spacial score (nSPS) is 16.1. The highest BCUT2D eigenvalue weighted by Crippen LogP contribution is 2.19. The Labute approximate surface area is 150 Å². The average molecular weight is 418 g/mol. The highest BCUT2D eigenvalue weighted by atomic mass is 127. The molecule has 1 aliphatic rings. The van der Waals surface area contributed by atoms with Crippen LogP contribution >= 0.6 is 24.0 Å². The maximum Gasteiger partial charge on any atom is 0.191 e. The van der Waals surface area contributed by atoms with Gasteiger partial charge in [0.25, 0.3) is 0 Å². The van der Waals surface area contributed by atoms with E-state index in [4.69, 9.17) is 5.11 Å². The Morgan fingerprint density at radius 3 is 2.55 bits per heavy atom. The molecule has 0 bridgehead atoms. The first-order chi connectivity index (χ1) is 10.3. The van der Waals surface area contributed by atoms with Gasteiger partial charge in [-0.1, -0.05) is 18.2 Å². The molecule has 1 heterocycles. The van der Waals surface area contributed by atoms with Gasteiger partial charge in [0.2, 0.25) is 0 Å². The number of piperidine rings is 1. The summed E-state index contributed by atoms with van der Waals surface area (Å²) in [6.07, 6.45) is 2.19. The van der Waals surface area contributed by atoms with Gasteiger partial charge in [-0.15, -0.1) is 24.0 Å². The second-order valence-electron chi connectivity index (χ2n) is 5.23. The number of aliphatic hydroxyl groups excluding tert-OH is 1. The van der Waals surface area contributed by atoms with Crippen LogP contribution in [0.15, 0.2) is 35.3 Å². The smallest absolute Gasteiger partial charge is 0.191 e. The van der Waals surface area contributed by atoms with E-state index in [9.17, 15) is 0 Å². The number of nitrogens with one attached hydrogen (secondary N) is 2. The molecule has 2 rings (SSSR count). The van der Waals surface area contributed by atoms with Crippen LogP contribution in [0.25, 0.3) is 0 Å². The Bertz CT molecular complexity index is 433. The van der Waals surface area contributed by atoms with Crippen molar-refractivity contribution in [3.05, 3.63) is 30.3 Å². The zero-order valence-electron chi connectivity index (χ0n) is 13.2. The number of hydrogen-bond donors (Lipinski definition) is 3. The van der Waals surface area contributed by atoms with Gasteiger partial charge < -0.3 is 20.6 Å². The van der Waals surface area contributed by atoms with Crippen LogP contribution in [0.5, 0.6) is 0 Å². The van der Waals surface area contributed by atoms with Crippen LogP contribution in [0.3, 0.4) is 0 Å². The molecule has 0 aromatic heterocycles. The predicted octanol–water partition coefficient (Wildman–Crippen LogP) is 1.82. The molecular weight excluding hydrogens is 391 g/mol. The van der Waals surface area contributed by atoms with Gasteiger partial charge in [0, 0.05) is 31.4 Å². The predicted molar refractivity (Wildman–Crippen MR) is 103 cm³/mol. The molecule has 1 aromatic carbocycles. The fourth-order valence-corrected chi connectivity index (χ4v) is 2.60. The molecule has 0 aliphatic carbocycles. The first-order valence-corrected chi connectivity index (χ1v) is 7.79. The third kappa shape index (κ3) is 6.00. The van der Waals surface area contributed by atoms with Gasteiger partial charge >= 0.3 is 0 Å². The van der Waals surface area contributed by atoms with Crippen molar-refractivity contribution >= 4 is 35.6 Å². The third-order valence-corrected chi connectivity index (χ3v) is 3.67. The summed E-state index contributed by atoms with van der Waals surface area (Å²) >= 11 is 0. The molecule has 0 spiro atoms. The van der Waals surface area contributed by atoms with E-state index in [-0.39, 0.29) is 30.6 Å². The van der Waals surface area contributed by atoms with E-state index in [1.165, 1.54) is 5.69 Å². The van der Waals surface area contributed by atoms with Crippen LogP contribution in [-0.4, -0.2) is 49.9 Å². The van der Waals surface area contributed by atoms with Gasteiger partial charge in [0.15, 0.2) is 5.96 Å².